The summed E-state index contributed by atoms with van der Waals surface area (Å²) < 4.78 is 38.6. The van der Waals surface area contributed by atoms with Crippen LogP contribution in [-0.4, -0.2) is 35.3 Å². The van der Waals surface area contributed by atoms with E-state index in [1.165, 1.54) is 12.1 Å². The minimum absolute atomic E-state index is 0.0431. The molecule has 0 aliphatic carbocycles. The van der Waals surface area contributed by atoms with E-state index in [0.717, 1.165) is 11.9 Å². The van der Waals surface area contributed by atoms with Gasteiger partial charge in [0.05, 0.1) is 5.69 Å². The molecular weight excluding hydrogens is 429 g/mol. The Morgan fingerprint density at radius 2 is 2.00 bits per heavy atom. The van der Waals surface area contributed by atoms with E-state index in [0.29, 0.717) is 28.3 Å². The Morgan fingerprint density at radius 3 is 2.60 bits per heavy atom. The first-order valence-corrected chi connectivity index (χ1v) is 11.2. The minimum Gasteiger partial charge on any atom is -0.315 e. The maximum atomic E-state index is 14.2. The van der Waals surface area contributed by atoms with Crippen molar-refractivity contribution in [2.24, 2.45) is 0 Å². The maximum absolute atomic E-state index is 14.2. The number of nitrogens with zero attached hydrogens (tertiary/aromatic N) is 4. The van der Waals surface area contributed by atoms with Crippen LogP contribution >= 0.6 is 11.3 Å². The van der Waals surface area contributed by atoms with E-state index < -0.39 is 21.6 Å². The summed E-state index contributed by atoms with van der Waals surface area (Å²) in [5.41, 5.74) is 2.07. The Balaban J connectivity index is 1.92. The molecule has 3 rings (SSSR count). The molecule has 0 aliphatic rings. The molecule has 0 saturated carbocycles. The Hall–Kier alpha value is -3.36. The standard InChI is InChI=1S/C19H16FN5O3S2/c1-11-8-13(12(2)25(11)16-7-5-4-6-15(16)20)9-14(10-21)17(26)22-18-23-24-19(29-18)30(3,27)28/h4-9H,1-3H3,(H,22,23,26). The van der Waals surface area contributed by atoms with Gasteiger partial charge in [0.25, 0.3) is 5.91 Å². The second-order valence-electron chi connectivity index (χ2n) is 6.38. The van der Waals surface area contributed by atoms with Gasteiger partial charge in [-0.15, -0.1) is 10.2 Å². The Kier molecular flexibility index (Phi) is 5.82. The van der Waals surface area contributed by atoms with Crippen molar-refractivity contribution in [1.82, 2.24) is 14.8 Å². The molecule has 0 aliphatic heterocycles. The number of anilines is 1. The number of aromatic nitrogens is 3. The third-order valence-corrected chi connectivity index (χ3v) is 6.68. The summed E-state index contributed by atoms with van der Waals surface area (Å²) in [4.78, 5) is 12.5. The van der Waals surface area contributed by atoms with Gasteiger partial charge in [-0.3, -0.25) is 10.1 Å². The Bertz CT molecular complexity index is 1320. The number of carbonyl (C=O) groups excluding carboxylic acids is 1. The van der Waals surface area contributed by atoms with Crippen LogP contribution in [0.4, 0.5) is 9.52 Å². The monoisotopic (exact) mass is 445 g/mol. The summed E-state index contributed by atoms with van der Waals surface area (Å²) in [5.74, 6) is -1.16. The highest BCUT2D eigenvalue weighted by atomic mass is 32.2. The van der Waals surface area contributed by atoms with E-state index in [2.05, 4.69) is 15.5 Å². The summed E-state index contributed by atoms with van der Waals surface area (Å²) in [6.45, 7) is 3.54. The molecule has 2 aromatic heterocycles. The van der Waals surface area contributed by atoms with E-state index in [1.54, 1.807) is 42.7 Å². The van der Waals surface area contributed by atoms with Crippen molar-refractivity contribution in [1.29, 1.82) is 5.26 Å². The Labute approximate surface area is 176 Å². The van der Waals surface area contributed by atoms with Gasteiger partial charge >= 0.3 is 0 Å². The summed E-state index contributed by atoms with van der Waals surface area (Å²) in [7, 11) is -3.55. The molecule has 8 nitrogen and oxygen atoms in total. The Morgan fingerprint density at radius 1 is 1.30 bits per heavy atom. The number of aryl methyl sites for hydroxylation is 1. The molecular formula is C19H16FN5O3S2. The fourth-order valence-corrected chi connectivity index (χ4v) is 4.32. The minimum atomic E-state index is -3.55. The van der Waals surface area contributed by atoms with E-state index in [9.17, 15) is 22.9 Å². The highest BCUT2D eigenvalue weighted by Crippen LogP contribution is 2.25. The molecule has 0 saturated heterocycles. The molecule has 0 spiro atoms. The quantitative estimate of drug-likeness (QED) is 0.366. The van der Waals surface area contributed by atoms with Gasteiger partial charge in [-0.05, 0) is 43.7 Å². The van der Waals surface area contributed by atoms with Gasteiger partial charge in [0.15, 0.2) is 0 Å². The number of nitriles is 1. The van der Waals surface area contributed by atoms with Crippen molar-refractivity contribution in [3.8, 4) is 11.8 Å². The van der Waals surface area contributed by atoms with Crippen LogP contribution in [0, 0.1) is 31.0 Å². The molecule has 154 valence electrons. The van der Waals surface area contributed by atoms with E-state index >= 15 is 0 Å². The van der Waals surface area contributed by atoms with Crippen LogP contribution in [0.15, 0.2) is 40.2 Å². The van der Waals surface area contributed by atoms with Gasteiger partial charge in [-0.25, -0.2) is 12.8 Å². The number of nitrogens with one attached hydrogen (secondary N) is 1. The number of sulfone groups is 1. The van der Waals surface area contributed by atoms with Crippen LogP contribution < -0.4 is 5.32 Å². The molecule has 0 unspecified atom stereocenters. The van der Waals surface area contributed by atoms with Crippen LogP contribution in [0.2, 0.25) is 0 Å². The zero-order valence-corrected chi connectivity index (χ0v) is 17.8. The van der Waals surface area contributed by atoms with E-state index in [4.69, 9.17) is 0 Å². The number of hydrogen-bond acceptors (Lipinski definition) is 7. The topological polar surface area (TPSA) is 118 Å². The summed E-state index contributed by atoms with van der Waals surface area (Å²) in [6.07, 6.45) is 2.36. The van der Waals surface area contributed by atoms with Crippen LogP contribution in [0.25, 0.3) is 11.8 Å². The first-order chi connectivity index (χ1) is 14.1. The lowest BCUT2D eigenvalue weighted by atomic mass is 10.1. The molecule has 30 heavy (non-hydrogen) atoms. The zero-order valence-electron chi connectivity index (χ0n) is 16.2. The SMILES string of the molecule is Cc1cc(C=C(C#N)C(=O)Nc2nnc(S(C)(=O)=O)s2)c(C)n1-c1ccccc1F. The lowest BCUT2D eigenvalue weighted by Crippen LogP contribution is -2.13. The van der Waals surface area contributed by atoms with Crippen molar-refractivity contribution < 1.29 is 17.6 Å². The largest absolute Gasteiger partial charge is 0.315 e. The molecule has 1 N–H and O–H groups in total. The lowest BCUT2D eigenvalue weighted by molar-refractivity contribution is -0.112. The molecule has 11 heteroatoms. The highest BCUT2D eigenvalue weighted by molar-refractivity contribution is 7.92. The summed E-state index contributed by atoms with van der Waals surface area (Å²) in [6, 6.07) is 9.85. The fourth-order valence-electron chi connectivity index (χ4n) is 2.82. The smallest absolute Gasteiger partial charge is 0.268 e. The average molecular weight is 446 g/mol. The first kappa shape index (κ1) is 21.4. The number of carbonyl (C=O) groups is 1. The van der Waals surface area contributed by atoms with Crippen molar-refractivity contribution >= 4 is 38.3 Å². The molecule has 3 aromatic rings. The normalized spacial score (nSPS) is 11.9. The summed E-state index contributed by atoms with van der Waals surface area (Å²) in [5, 5.41) is 18.9. The van der Waals surface area contributed by atoms with Crippen molar-refractivity contribution in [2.75, 3.05) is 11.6 Å². The molecule has 0 bridgehead atoms. The molecule has 0 radical (unpaired) electrons. The van der Waals surface area contributed by atoms with E-state index in [1.807, 2.05) is 6.07 Å². The molecule has 0 atom stereocenters. The maximum Gasteiger partial charge on any atom is 0.268 e. The predicted octanol–water partition coefficient (Wildman–Crippen LogP) is 3.03. The zero-order chi connectivity index (χ0) is 22.1. The van der Waals surface area contributed by atoms with Crippen molar-refractivity contribution in [3.05, 3.63) is 58.7 Å². The molecule has 1 amide bonds. The van der Waals surface area contributed by atoms with Crippen LogP contribution in [-0.2, 0) is 14.6 Å². The van der Waals surface area contributed by atoms with E-state index in [-0.39, 0.29) is 15.0 Å². The summed E-state index contributed by atoms with van der Waals surface area (Å²) >= 11 is 0.686. The van der Waals surface area contributed by atoms with Gasteiger partial charge in [-0.1, -0.05) is 23.5 Å². The number of halogens is 1. The van der Waals surface area contributed by atoms with Crippen LogP contribution in [0.3, 0.4) is 0 Å². The van der Waals surface area contributed by atoms with Crippen molar-refractivity contribution in [3.63, 3.8) is 0 Å². The fraction of sp³-hybridized carbons (Fsp3) is 0.158. The molecule has 2 heterocycles. The number of para-hydroxylation sites is 1. The van der Waals surface area contributed by atoms with Gasteiger partial charge in [0.1, 0.15) is 17.5 Å². The van der Waals surface area contributed by atoms with Crippen LogP contribution in [0.1, 0.15) is 17.0 Å². The van der Waals surface area contributed by atoms with Gasteiger partial charge in [0, 0.05) is 17.6 Å². The number of benzene rings is 1. The highest BCUT2D eigenvalue weighted by Gasteiger charge is 2.19. The van der Waals surface area contributed by atoms with Crippen LogP contribution in [0.5, 0.6) is 0 Å². The van der Waals surface area contributed by atoms with Gasteiger partial charge in [0.2, 0.25) is 19.3 Å². The third kappa shape index (κ3) is 4.29. The third-order valence-electron chi connectivity index (χ3n) is 4.17. The number of amides is 1. The van der Waals surface area contributed by atoms with Crippen molar-refractivity contribution in [2.45, 2.75) is 18.2 Å². The average Bonchev–Trinajstić information content (AvgIpc) is 3.25. The van der Waals surface area contributed by atoms with Gasteiger partial charge < -0.3 is 4.57 Å². The number of hydrogen-bond donors (Lipinski definition) is 1. The molecule has 1 aromatic carbocycles. The first-order valence-electron chi connectivity index (χ1n) is 8.52. The molecule has 0 fully saturated rings. The van der Waals surface area contributed by atoms with Gasteiger partial charge in [-0.2, -0.15) is 5.26 Å². The predicted molar refractivity (Wildman–Crippen MR) is 110 cm³/mol. The second-order valence-corrected chi connectivity index (χ2v) is 9.55. The lowest BCUT2D eigenvalue weighted by Gasteiger charge is -2.10. The number of rotatable bonds is 5. The second kappa shape index (κ2) is 8.17.